The predicted molar refractivity (Wildman–Crippen MR) is 87.0 cm³/mol. The van der Waals surface area contributed by atoms with Crippen molar-refractivity contribution >= 4 is 17.4 Å². The van der Waals surface area contributed by atoms with Gasteiger partial charge in [-0.2, -0.15) is 0 Å². The van der Waals surface area contributed by atoms with Crippen molar-refractivity contribution in [2.75, 3.05) is 5.32 Å². The van der Waals surface area contributed by atoms with Crippen LogP contribution in [0.1, 0.15) is 18.1 Å². The van der Waals surface area contributed by atoms with Crippen LogP contribution in [-0.4, -0.2) is 21.9 Å². The van der Waals surface area contributed by atoms with Crippen molar-refractivity contribution < 1.29 is 9.72 Å². The van der Waals surface area contributed by atoms with E-state index in [0.29, 0.717) is 12.1 Å². The highest BCUT2D eigenvalue weighted by Gasteiger charge is 2.20. The molecule has 0 saturated heterocycles. The first-order valence-corrected chi connectivity index (χ1v) is 7.16. The third kappa shape index (κ3) is 4.50. The van der Waals surface area contributed by atoms with Gasteiger partial charge in [0.15, 0.2) is 0 Å². The second-order valence-electron chi connectivity index (χ2n) is 5.21. The Bertz CT molecular complexity index is 704. The van der Waals surface area contributed by atoms with Gasteiger partial charge in [0.1, 0.15) is 6.04 Å². The second-order valence-corrected chi connectivity index (χ2v) is 5.21. The van der Waals surface area contributed by atoms with Gasteiger partial charge >= 0.3 is 5.69 Å². The van der Waals surface area contributed by atoms with Crippen molar-refractivity contribution in [3.05, 3.63) is 63.8 Å². The smallest absolute Gasteiger partial charge is 0.311 e. The highest BCUT2D eigenvalue weighted by atomic mass is 16.6. The van der Waals surface area contributed by atoms with Crippen LogP contribution in [0.4, 0.5) is 11.5 Å². The van der Waals surface area contributed by atoms with E-state index in [2.05, 4.69) is 15.6 Å². The molecule has 0 radical (unpaired) electrons. The molecule has 0 aliphatic rings. The molecule has 1 amide bonds. The molecule has 2 aromatic rings. The lowest BCUT2D eigenvalue weighted by Crippen LogP contribution is -2.37. The molecular weight excluding hydrogens is 296 g/mol. The number of carbonyl (C=O) groups is 1. The van der Waals surface area contributed by atoms with Crippen LogP contribution in [0, 0.1) is 17.0 Å². The Morgan fingerprint density at radius 2 is 2.04 bits per heavy atom. The molecule has 2 rings (SSSR count). The third-order valence-corrected chi connectivity index (χ3v) is 3.26. The second kappa shape index (κ2) is 7.35. The van der Waals surface area contributed by atoms with Crippen LogP contribution < -0.4 is 10.6 Å². The molecule has 7 nitrogen and oxygen atoms in total. The minimum absolute atomic E-state index is 0.0861. The van der Waals surface area contributed by atoms with Gasteiger partial charge in [0, 0.05) is 18.8 Å². The number of hydrogen-bond acceptors (Lipinski definition) is 5. The van der Waals surface area contributed by atoms with E-state index in [4.69, 9.17) is 0 Å². The summed E-state index contributed by atoms with van der Waals surface area (Å²) < 4.78 is 0. The highest BCUT2D eigenvalue weighted by Crippen LogP contribution is 2.23. The Labute approximate surface area is 133 Å². The lowest BCUT2D eigenvalue weighted by Gasteiger charge is -2.15. The number of amides is 1. The van der Waals surface area contributed by atoms with Gasteiger partial charge in [-0.1, -0.05) is 30.3 Å². The standard InChI is InChI=1S/C16H18N4O3/c1-11-8-14(20(22)23)15(17-9-11)19-12(2)16(21)18-10-13-6-4-3-5-7-13/h3-9,12H,10H2,1-2H3,(H,17,19)(H,18,21)/t12-/m1/s1. The molecule has 0 aliphatic carbocycles. The normalized spacial score (nSPS) is 11.6. The van der Waals surface area contributed by atoms with Crippen molar-refractivity contribution in [1.29, 1.82) is 0 Å². The summed E-state index contributed by atoms with van der Waals surface area (Å²) in [6.45, 7) is 3.75. The summed E-state index contributed by atoms with van der Waals surface area (Å²) in [6.07, 6.45) is 1.52. The number of aryl methyl sites for hydroxylation is 1. The van der Waals surface area contributed by atoms with E-state index in [-0.39, 0.29) is 17.4 Å². The first-order valence-electron chi connectivity index (χ1n) is 7.16. The summed E-state index contributed by atoms with van der Waals surface area (Å²) in [6, 6.07) is 10.3. The van der Waals surface area contributed by atoms with E-state index in [1.807, 2.05) is 30.3 Å². The van der Waals surface area contributed by atoms with E-state index < -0.39 is 11.0 Å². The lowest BCUT2D eigenvalue weighted by molar-refractivity contribution is -0.384. The maximum absolute atomic E-state index is 12.1. The number of carbonyl (C=O) groups excluding carboxylic acids is 1. The Morgan fingerprint density at radius 1 is 1.35 bits per heavy atom. The van der Waals surface area contributed by atoms with Crippen molar-refractivity contribution in [3.63, 3.8) is 0 Å². The monoisotopic (exact) mass is 314 g/mol. The summed E-state index contributed by atoms with van der Waals surface area (Å²) in [5, 5.41) is 16.6. The molecule has 1 aromatic carbocycles. The lowest BCUT2D eigenvalue weighted by atomic mass is 10.2. The number of rotatable bonds is 6. The van der Waals surface area contributed by atoms with Crippen molar-refractivity contribution in [1.82, 2.24) is 10.3 Å². The zero-order valence-electron chi connectivity index (χ0n) is 12.9. The average Bonchev–Trinajstić information content (AvgIpc) is 2.55. The number of anilines is 1. The van der Waals surface area contributed by atoms with Crippen LogP contribution in [0.25, 0.3) is 0 Å². The number of pyridine rings is 1. The molecule has 2 N–H and O–H groups in total. The van der Waals surface area contributed by atoms with Gasteiger partial charge in [0.2, 0.25) is 11.7 Å². The van der Waals surface area contributed by atoms with Gasteiger partial charge in [0.05, 0.1) is 4.92 Å². The fourth-order valence-corrected chi connectivity index (χ4v) is 2.01. The first-order chi connectivity index (χ1) is 11.0. The molecule has 120 valence electrons. The molecular formula is C16H18N4O3. The Hall–Kier alpha value is -2.96. The Kier molecular flexibility index (Phi) is 5.24. The zero-order chi connectivity index (χ0) is 16.8. The zero-order valence-corrected chi connectivity index (χ0v) is 12.9. The predicted octanol–water partition coefficient (Wildman–Crippen LogP) is 2.42. The van der Waals surface area contributed by atoms with Gasteiger partial charge in [-0.15, -0.1) is 0 Å². The number of nitrogens with zero attached hydrogens (tertiary/aromatic N) is 2. The fourth-order valence-electron chi connectivity index (χ4n) is 2.01. The SMILES string of the molecule is Cc1cnc(N[C@H](C)C(=O)NCc2ccccc2)c([N+](=O)[O-])c1. The molecule has 0 fully saturated rings. The molecule has 0 aliphatic heterocycles. The van der Waals surface area contributed by atoms with Crippen LogP contribution in [0.2, 0.25) is 0 Å². The number of nitro groups is 1. The summed E-state index contributed by atoms with van der Waals surface area (Å²) >= 11 is 0. The van der Waals surface area contributed by atoms with Gasteiger partial charge in [-0.3, -0.25) is 14.9 Å². The van der Waals surface area contributed by atoms with E-state index in [1.165, 1.54) is 12.3 Å². The van der Waals surface area contributed by atoms with Crippen molar-refractivity contribution in [2.24, 2.45) is 0 Å². The topological polar surface area (TPSA) is 97.2 Å². The summed E-state index contributed by atoms with van der Waals surface area (Å²) in [7, 11) is 0. The van der Waals surface area contributed by atoms with Crippen molar-refractivity contribution in [2.45, 2.75) is 26.4 Å². The van der Waals surface area contributed by atoms with Crippen LogP contribution >= 0.6 is 0 Å². The number of aromatic nitrogens is 1. The van der Waals surface area contributed by atoms with Gasteiger partial charge in [-0.25, -0.2) is 4.98 Å². The summed E-state index contributed by atoms with van der Waals surface area (Å²) in [5.41, 5.74) is 1.52. The van der Waals surface area contributed by atoms with E-state index >= 15 is 0 Å². The first kappa shape index (κ1) is 16.4. The van der Waals surface area contributed by atoms with Crippen molar-refractivity contribution in [3.8, 4) is 0 Å². The molecule has 0 spiro atoms. The molecule has 23 heavy (non-hydrogen) atoms. The third-order valence-electron chi connectivity index (χ3n) is 3.26. The molecule has 1 atom stereocenters. The fraction of sp³-hybridized carbons (Fsp3) is 0.250. The summed E-state index contributed by atoms with van der Waals surface area (Å²) in [5.74, 6) is -0.173. The van der Waals surface area contributed by atoms with E-state index in [1.54, 1.807) is 13.8 Å². The van der Waals surface area contributed by atoms with Gasteiger partial charge in [0.25, 0.3) is 0 Å². The molecule has 0 saturated carbocycles. The van der Waals surface area contributed by atoms with Crippen LogP contribution in [0.15, 0.2) is 42.6 Å². The van der Waals surface area contributed by atoms with Crippen LogP contribution in [0.3, 0.4) is 0 Å². The minimum atomic E-state index is -0.646. The number of hydrogen-bond donors (Lipinski definition) is 2. The molecule has 7 heteroatoms. The number of nitrogens with one attached hydrogen (secondary N) is 2. The molecule has 0 bridgehead atoms. The average molecular weight is 314 g/mol. The molecule has 1 heterocycles. The van der Waals surface area contributed by atoms with Crippen LogP contribution in [-0.2, 0) is 11.3 Å². The van der Waals surface area contributed by atoms with E-state index in [0.717, 1.165) is 5.56 Å². The molecule has 1 aromatic heterocycles. The van der Waals surface area contributed by atoms with Gasteiger partial charge in [-0.05, 0) is 25.0 Å². The van der Waals surface area contributed by atoms with Gasteiger partial charge < -0.3 is 10.6 Å². The quantitative estimate of drug-likeness (QED) is 0.630. The maximum atomic E-state index is 12.1. The maximum Gasteiger partial charge on any atom is 0.311 e. The highest BCUT2D eigenvalue weighted by molar-refractivity contribution is 5.84. The largest absolute Gasteiger partial charge is 0.353 e. The Balaban J connectivity index is 2.00. The minimum Gasteiger partial charge on any atom is -0.353 e. The Morgan fingerprint density at radius 3 is 2.70 bits per heavy atom. The molecule has 0 unspecified atom stereocenters. The van der Waals surface area contributed by atoms with E-state index in [9.17, 15) is 14.9 Å². The van der Waals surface area contributed by atoms with Crippen LogP contribution in [0.5, 0.6) is 0 Å². The number of benzene rings is 1. The summed E-state index contributed by atoms with van der Waals surface area (Å²) in [4.78, 5) is 26.6.